The summed E-state index contributed by atoms with van der Waals surface area (Å²) in [7, 11) is 0. The van der Waals surface area contributed by atoms with Gasteiger partial charge in [-0.1, -0.05) is 51.1 Å². The lowest BCUT2D eigenvalue weighted by Crippen LogP contribution is -2.10. The van der Waals surface area contributed by atoms with Gasteiger partial charge in [0.05, 0.1) is 6.26 Å². The average Bonchev–Trinajstić information content (AvgIpc) is 2.18. The Bertz CT molecular complexity index is 314. The van der Waals surface area contributed by atoms with E-state index in [-0.39, 0.29) is 5.41 Å². The van der Waals surface area contributed by atoms with Crippen molar-refractivity contribution in [3.05, 3.63) is 47.7 Å². The van der Waals surface area contributed by atoms with Crippen molar-refractivity contribution < 1.29 is 4.74 Å². The van der Waals surface area contributed by atoms with Crippen molar-refractivity contribution in [2.24, 2.45) is 0 Å². The minimum atomic E-state index is 0.225. The van der Waals surface area contributed by atoms with Gasteiger partial charge in [0.2, 0.25) is 0 Å². The molecule has 0 spiro atoms. The Kier molecular flexibility index (Phi) is 3.96. The third kappa shape index (κ3) is 3.78. The molecule has 0 saturated heterocycles. The van der Waals surface area contributed by atoms with Crippen molar-refractivity contribution in [2.75, 3.05) is 0 Å². The Morgan fingerprint density at radius 1 is 1.13 bits per heavy atom. The van der Waals surface area contributed by atoms with E-state index in [1.807, 2.05) is 13.0 Å². The monoisotopic (exact) mass is 204 g/mol. The highest BCUT2D eigenvalue weighted by molar-refractivity contribution is 5.27. The molecule has 0 N–H and O–H groups in total. The van der Waals surface area contributed by atoms with Crippen LogP contribution in [0.1, 0.15) is 38.8 Å². The zero-order valence-electron chi connectivity index (χ0n) is 10.1. The molecule has 0 aliphatic rings. The smallest absolute Gasteiger partial charge is 0.112 e. The molecule has 1 rings (SSSR count). The van der Waals surface area contributed by atoms with Crippen LogP contribution in [0.5, 0.6) is 0 Å². The summed E-state index contributed by atoms with van der Waals surface area (Å²) in [6.07, 6.45) is 3.61. The summed E-state index contributed by atoms with van der Waals surface area (Å²) in [4.78, 5) is 0. The zero-order chi connectivity index (χ0) is 11.3. The molecule has 0 amide bonds. The van der Waals surface area contributed by atoms with Gasteiger partial charge in [-0.05, 0) is 23.5 Å². The Morgan fingerprint density at radius 3 is 2.20 bits per heavy atom. The fourth-order valence-corrected chi connectivity index (χ4v) is 1.34. The first-order chi connectivity index (χ1) is 7.04. The van der Waals surface area contributed by atoms with E-state index < -0.39 is 0 Å². The molecule has 0 unspecified atom stereocenters. The van der Waals surface area contributed by atoms with E-state index in [2.05, 4.69) is 45.0 Å². The largest absolute Gasteiger partial charge is 0.497 e. The van der Waals surface area contributed by atoms with Crippen molar-refractivity contribution >= 4 is 0 Å². The van der Waals surface area contributed by atoms with Crippen molar-refractivity contribution in [2.45, 2.75) is 39.7 Å². The van der Waals surface area contributed by atoms with E-state index in [9.17, 15) is 0 Å². The molecule has 1 aromatic rings. The Morgan fingerprint density at radius 2 is 1.73 bits per heavy atom. The molecule has 0 saturated carbocycles. The number of ether oxygens (including phenoxy) is 1. The number of benzene rings is 1. The van der Waals surface area contributed by atoms with Crippen LogP contribution < -0.4 is 0 Å². The maximum Gasteiger partial charge on any atom is 0.112 e. The molecule has 1 heteroatoms. The van der Waals surface area contributed by atoms with Crippen LogP contribution in [-0.2, 0) is 16.8 Å². The SMILES string of the molecule is C/C=C/OCc1ccc(C(C)(C)C)cc1. The second kappa shape index (κ2) is 5.01. The normalized spacial score (nSPS) is 12.0. The van der Waals surface area contributed by atoms with Crippen molar-refractivity contribution in [3.63, 3.8) is 0 Å². The van der Waals surface area contributed by atoms with E-state index in [1.54, 1.807) is 6.26 Å². The van der Waals surface area contributed by atoms with Gasteiger partial charge in [0.15, 0.2) is 0 Å². The molecule has 0 fully saturated rings. The highest BCUT2D eigenvalue weighted by Crippen LogP contribution is 2.22. The average molecular weight is 204 g/mol. The van der Waals surface area contributed by atoms with Gasteiger partial charge in [0.1, 0.15) is 6.61 Å². The molecule has 0 aliphatic carbocycles. The Labute approximate surface area is 92.8 Å². The molecule has 0 atom stereocenters. The molecule has 0 bridgehead atoms. The van der Waals surface area contributed by atoms with Gasteiger partial charge in [0.25, 0.3) is 0 Å². The van der Waals surface area contributed by atoms with Crippen LogP contribution in [0.15, 0.2) is 36.6 Å². The molecule has 0 heterocycles. The molecule has 82 valence electrons. The summed E-state index contributed by atoms with van der Waals surface area (Å²) in [5, 5.41) is 0. The van der Waals surface area contributed by atoms with Crippen molar-refractivity contribution in [1.29, 1.82) is 0 Å². The highest BCUT2D eigenvalue weighted by atomic mass is 16.5. The second-order valence-corrected chi connectivity index (χ2v) is 4.73. The van der Waals surface area contributed by atoms with Gasteiger partial charge < -0.3 is 4.74 Å². The lowest BCUT2D eigenvalue weighted by atomic mass is 9.87. The number of hydrogen-bond acceptors (Lipinski definition) is 1. The fraction of sp³-hybridized carbons (Fsp3) is 0.429. The lowest BCUT2D eigenvalue weighted by Gasteiger charge is -2.19. The second-order valence-electron chi connectivity index (χ2n) is 4.73. The lowest BCUT2D eigenvalue weighted by molar-refractivity contribution is 0.236. The number of rotatable bonds is 3. The molecular formula is C14H20O. The molecule has 0 radical (unpaired) electrons. The third-order valence-corrected chi connectivity index (χ3v) is 2.30. The molecule has 15 heavy (non-hydrogen) atoms. The quantitative estimate of drug-likeness (QED) is 0.675. The Hall–Kier alpha value is -1.24. The summed E-state index contributed by atoms with van der Waals surface area (Å²) < 4.78 is 5.31. The molecular weight excluding hydrogens is 184 g/mol. The van der Waals surface area contributed by atoms with Gasteiger partial charge in [-0.25, -0.2) is 0 Å². The maximum atomic E-state index is 5.31. The van der Waals surface area contributed by atoms with E-state index in [0.29, 0.717) is 6.61 Å². The summed E-state index contributed by atoms with van der Waals surface area (Å²) in [6, 6.07) is 8.61. The first-order valence-electron chi connectivity index (χ1n) is 5.36. The summed E-state index contributed by atoms with van der Waals surface area (Å²) in [6.45, 7) is 9.26. The predicted molar refractivity (Wildman–Crippen MR) is 64.7 cm³/mol. The maximum absolute atomic E-state index is 5.31. The number of allylic oxidation sites excluding steroid dienone is 1. The van der Waals surface area contributed by atoms with Gasteiger partial charge in [-0.2, -0.15) is 0 Å². The van der Waals surface area contributed by atoms with Gasteiger partial charge in [0, 0.05) is 0 Å². The molecule has 1 nitrogen and oxygen atoms in total. The minimum Gasteiger partial charge on any atom is -0.497 e. The first-order valence-corrected chi connectivity index (χ1v) is 5.36. The van der Waals surface area contributed by atoms with Gasteiger partial charge in [-0.15, -0.1) is 0 Å². The number of hydrogen-bond donors (Lipinski definition) is 0. The van der Waals surface area contributed by atoms with E-state index >= 15 is 0 Å². The van der Waals surface area contributed by atoms with Crippen LogP contribution in [0.4, 0.5) is 0 Å². The highest BCUT2D eigenvalue weighted by Gasteiger charge is 2.12. The summed E-state index contributed by atoms with van der Waals surface area (Å²) in [5.74, 6) is 0. The first kappa shape index (κ1) is 11.8. The molecule has 1 aromatic carbocycles. The Balaban J connectivity index is 2.64. The van der Waals surface area contributed by atoms with Crippen molar-refractivity contribution in [1.82, 2.24) is 0 Å². The van der Waals surface area contributed by atoms with Crippen LogP contribution in [0.25, 0.3) is 0 Å². The van der Waals surface area contributed by atoms with Crippen molar-refractivity contribution in [3.8, 4) is 0 Å². The van der Waals surface area contributed by atoms with Gasteiger partial charge >= 0.3 is 0 Å². The zero-order valence-corrected chi connectivity index (χ0v) is 10.1. The standard InChI is InChI=1S/C14H20O/c1-5-10-15-11-12-6-8-13(9-7-12)14(2,3)4/h5-10H,11H2,1-4H3/b10-5+. The third-order valence-electron chi connectivity index (χ3n) is 2.30. The van der Waals surface area contributed by atoms with E-state index in [1.165, 1.54) is 11.1 Å². The van der Waals surface area contributed by atoms with Crippen LogP contribution in [0.2, 0.25) is 0 Å². The van der Waals surface area contributed by atoms with E-state index in [0.717, 1.165) is 0 Å². The van der Waals surface area contributed by atoms with Crippen LogP contribution in [0, 0.1) is 0 Å². The topological polar surface area (TPSA) is 9.23 Å². The summed E-state index contributed by atoms with van der Waals surface area (Å²) in [5.41, 5.74) is 2.79. The van der Waals surface area contributed by atoms with Crippen LogP contribution >= 0.6 is 0 Å². The summed E-state index contributed by atoms with van der Waals surface area (Å²) >= 11 is 0. The van der Waals surface area contributed by atoms with E-state index in [4.69, 9.17) is 4.74 Å². The molecule has 0 aliphatic heterocycles. The fourth-order valence-electron chi connectivity index (χ4n) is 1.34. The van der Waals surface area contributed by atoms with Crippen LogP contribution in [-0.4, -0.2) is 0 Å². The van der Waals surface area contributed by atoms with Gasteiger partial charge in [-0.3, -0.25) is 0 Å². The van der Waals surface area contributed by atoms with Crippen LogP contribution in [0.3, 0.4) is 0 Å². The molecule has 0 aromatic heterocycles. The minimum absolute atomic E-state index is 0.225. The predicted octanol–water partition coefficient (Wildman–Crippen LogP) is 4.03.